The Bertz CT molecular complexity index is 1610. The molecule has 5 amide bonds. The number of carbonyl (C=O) groups is 6. The Labute approximate surface area is 321 Å². The van der Waals surface area contributed by atoms with Crippen molar-refractivity contribution in [2.24, 2.45) is 27.9 Å². The number of nitrogens with two attached hydrogens (primary N) is 4. The van der Waals surface area contributed by atoms with E-state index in [2.05, 4.69) is 26.3 Å². The maximum atomic E-state index is 14.0. The van der Waals surface area contributed by atoms with Crippen molar-refractivity contribution >= 4 is 41.5 Å². The Morgan fingerprint density at radius 2 is 1.38 bits per heavy atom. The van der Waals surface area contributed by atoms with Gasteiger partial charge in [-0.1, -0.05) is 60.7 Å². The summed E-state index contributed by atoms with van der Waals surface area (Å²) in [5.74, 6) is -4.33. The average Bonchev–Trinajstić information content (AvgIpc) is 3.66. The molecule has 55 heavy (non-hydrogen) atoms. The van der Waals surface area contributed by atoms with Crippen molar-refractivity contribution in [3.63, 3.8) is 0 Å². The maximum absolute atomic E-state index is 14.0. The molecule has 0 aliphatic carbocycles. The molecule has 6 atom stereocenters. The minimum atomic E-state index is -1.27. The van der Waals surface area contributed by atoms with Crippen LogP contribution in [0.3, 0.4) is 0 Å². The number of nitrogens with one attached hydrogen (secondary N) is 4. The lowest BCUT2D eigenvalue weighted by atomic mass is 10.0. The van der Waals surface area contributed by atoms with Gasteiger partial charge in [0.05, 0.1) is 6.04 Å². The van der Waals surface area contributed by atoms with Crippen LogP contribution in [0.5, 0.6) is 0 Å². The lowest BCUT2D eigenvalue weighted by Crippen LogP contribution is -2.59. The summed E-state index contributed by atoms with van der Waals surface area (Å²) in [4.78, 5) is 84.9. The summed E-state index contributed by atoms with van der Waals surface area (Å²) < 4.78 is 0. The second-order valence-electron chi connectivity index (χ2n) is 13.7. The summed E-state index contributed by atoms with van der Waals surface area (Å²) in [7, 11) is 0. The lowest BCUT2D eigenvalue weighted by molar-refractivity contribution is -0.143. The first kappa shape index (κ1) is 43.9. The van der Waals surface area contributed by atoms with Crippen LogP contribution in [0.15, 0.2) is 65.7 Å². The molecule has 17 nitrogen and oxygen atoms in total. The molecule has 1 fully saturated rings. The summed E-state index contributed by atoms with van der Waals surface area (Å²) in [6, 6.07) is 11.9. The topological polar surface area (TPSA) is 290 Å². The number of carboxylic acids is 1. The number of carbonyl (C=O) groups excluding carboxylic acids is 5. The van der Waals surface area contributed by atoms with Crippen molar-refractivity contribution in [3.8, 4) is 0 Å². The molecule has 17 heteroatoms. The van der Waals surface area contributed by atoms with Gasteiger partial charge in [0.15, 0.2) is 5.96 Å². The first-order valence-corrected chi connectivity index (χ1v) is 18.6. The van der Waals surface area contributed by atoms with Gasteiger partial charge < -0.3 is 54.2 Å². The molecule has 300 valence electrons. The molecule has 0 spiro atoms. The quantitative estimate of drug-likeness (QED) is 0.0399. The molecule has 1 aliphatic rings. The predicted octanol–water partition coefficient (Wildman–Crippen LogP) is -0.984. The molecule has 1 aliphatic heterocycles. The highest BCUT2D eigenvalue weighted by Crippen LogP contribution is 2.21. The van der Waals surface area contributed by atoms with Crippen LogP contribution in [0.4, 0.5) is 0 Å². The minimum absolute atomic E-state index is 0.0415. The summed E-state index contributed by atoms with van der Waals surface area (Å²) in [5.41, 5.74) is 24.1. The zero-order valence-corrected chi connectivity index (χ0v) is 31.3. The summed E-state index contributed by atoms with van der Waals surface area (Å²) in [6.45, 7) is 2.24. The number of likely N-dealkylation sites (tertiary alicyclic amines) is 1. The fourth-order valence-corrected chi connectivity index (χ4v) is 6.26. The van der Waals surface area contributed by atoms with Gasteiger partial charge in [-0.05, 0) is 76.0 Å². The van der Waals surface area contributed by atoms with Crippen molar-refractivity contribution in [3.05, 3.63) is 71.8 Å². The first-order chi connectivity index (χ1) is 26.3. The molecule has 2 aromatic rings. The summed E-state index contributed by atoms with van der Waals surface area (Å²) in [5, 5.41) is 20.2. The van der Waals surface area contributed by atoms with Gasteiger partial charge >= 0.3 is 5.97 Å². The van der Waals surface area contributed by atoms with Gasteiger partial charge in [-0.3, -0.25) is 29.0 Å². The minimum Gasteiger partial charge on any atom is -0.480 e. The predicted molar refractivity (Wildman–Crippen MR) is 207 cm³/mol. The van der Waals surface area contributed by atoms with Crippen LogP contribution in [0.1, 0.15) is 63.0 Å². The second-order valence-corrected chi connectivity index (χ2v) is 13.7. The molecule has 1 saturated heterocycles. The third kappa shape index (κ3) is 14.7. The van der Waals surface area contributed by atoms with Gasteiger partial charge in [0.25, 0.3) is 0 Å². The van der Waals surface area contributed by atoms with Crippen LogP contribution in [0, 0.1) is 0 Å². The highest BCUT2D eigenvalue weighted by Gasteiger charge is 2.39. The zero-order valence-electron chi connectivity index (χ0n) is 31.3. The molecule has 0 radical (unpaired) electrons. The summed E-state index contributed by atoms with van der Waals surface area (Å²) in [6.07, 6.45) is 2.99. The third-order valence-electron chi connectivity index (χ3n) is 9.26. The van der Waals surface area contributed by atoms with Crippen molar-refractivity contribution < 1.29 is 33.9 Å². The molecule has 0 aromatic heterocycles. The zero-order chi connectivity index (χ0) is 40.3. The van der Waals surface area contributed by atoms with Crippen molar-refractivity contribution in [1.82, 2.24) is 26.2 Å². The first-order valence-electron chi connectivity index (χ1n) is 18.6. The standard InChI is InChI=1S/C38H56N10O7/c1-24(32(49)46-29(37(54)55)17-10-20-43-38(41)42)44-34(51)30(23-26-14-6-3-7-15-26)47-35(52)31-18-11-21-48(31)36(53)28(16-8-9-19-39)45-33(50)27(40)22-25-12-4-2-5-13-25/h2-7,12-15,24,27-31H,8-11,16-23,39-40H2,1H3,(H,44,51)(H,45,50)(H,46,49)(H,47,52)(H,54,55)(H4,41,42,43)/t24-,27-,28-,29-,30-,31-/m0/s1. The normalized spacial score (nSPS) is 16.4. The molecular weight excluding hydrogens is 708 g/mol. The number of nitrogens with zero attached hydrogens (tertiary/aromatic N) is 2. The molecular formula is C38H56N10O7. The van der Waals surface area contributed by atoms with Crippen LogP contribution in [0.2, 0.25) is 0 Å². The molecule has 0 bridgehead atoms. The van der Waals surface area contributed by atoms with Gasteiger partial charge in [-0.2, -0.15) is 0 Å². The summed E-state index contributed by atoms with van der Waals surface area (Å²) >= 11 is 0. The van der Waals surface area contributed by atoms with Crippen molar-refractivity contribution in [2.45, 2.75) is 101 Å². The highest BCUT2D eigenvalue weighted by molar-refractivity contribution is 5.96. The SMILES string of the molecule is C[C@H](NC(=O)[C@H](Cc1ccccc1)NC(=O)[C@@H]1CCCN1C(=O)[C@H](CCCCN)NC(=O)[C@@H](N)Cc1ccccc1)C(=O)N[C@@H](CCCN=C(N)N)C(=O)O. The van der Waals surface area contributed by atoms with E-state index < -0.39 is 71.8 Å². The lowest BCUT2D eigenvalue weighted by Gasteiger charge is -2.30. The van der Waals surface area contributed by atoms with E-state index in [1.54, 1.807) is 30.3 Å². The van der Waals surface area contributed by atoms with Gasteiger partial charge in [-0.25, -0.2) is 4.79 Å². The van der Waals surface area contributed by atoms with E-state index in [0.29, 0.717) is 38.6 Å². The fraction of sp³-hybridized carbons (Fsp3) is 0.500. The van der Waals surface area contributed by atoms with Crippen molar-refractivity contribution in [1.29, 1.82) is 0 Å². The van der Waals surface area contributed by atoms with Crippen molar-refractivity contribution in [2.75, 3.05) is 19.6 Å². The fourth-order valence-electron chi connectivity index (χ4n) is 6.26. The number of aliphatic carboxylic acids is 1. The van der Waals surface area contributed by atoms with Gasteiger partial charge in [-0.15, -0.1) is 0 Å². The van der Waals surface area contributed by atoms with Crippen LogP contribution < -0.4 is 44.2 Å². The van der Waals surface area contributed by atoms with Crippen LogP contribution in [0.25, 0.3) is 0 Å². The number of rotatable bonds is 22. The molecule has 1 heterocycles. The van der Waals surface area contributed by atoms with E-state index in [1.807, 2.05) is 30.3 Å². The largest absolute Gasteiger partial charge is 0.480 e. The number of aliphatic imine (C=N–C) groups is 1. The Hall–Kier alpha value is -5.55. The number of unbranched alkanes of at least 4 members (excludes halogenated alkanes) is 1. The second kappa shape index (κ2) is 22.6. The number of guanidine groups is 1. The molecule has 0 saturated carbocycles. The van der Waals surface area contributed by atoms with E-state index in [9.17, 15) is 33.9 Å². The van der Waals surface area contributed by atoms with E-state index in [-0.39, 0.29) is 44.7 Å². The van der Waals surface area contributed by atoms with E-state index in [1.165, 1.54) is 11.8 Å². The molecule has 2 aromatic carbocycles. The number of carboxylic acid groups (broad SMARTS) is 1. The number of amides is 5. The van der Waals surface area contributed by atoms with E-state index in [0.717, 1.165) is 11.1 Å². The number of hydrogen-bond donors (Lipinski definition) is 9. The van der Waals surface area contributed by atoms with E-state index >= 15 is 0 Å². The Balaban J connectivity index is 1.72. The Morgan fingerprint density at radius 3 is 1.98 bits per heavy atom. The van der Waals surface area contributed by atoms with Gasteiger partial charge in [0, 0.05) is 19.5 Å². The van der Waals surface area contributed by atoms with Gasteiger partial charge in [0.1, 0.15) is 30.2 Å². The molecule has 0 unspecified atom stereocenters. The third-order valence-corrected chi connectivity index (χ3v) is 9.26. The average molecular weight is 765 g/mol. The Morgan fingerprint density at radius 1 is 0.782 bits per heavy atom. The highest BCUT2D eigenvalue weighted by atomic mass is 16.4. The smallest absolute Gasteiger partial charge is 0.326 e. The monoisotopic (exact) mass is 764 g/mol. The van der Waals surface area contributed by atoms with Crippen LogP contribution in [-0.4, -0.2) is 107 Å². The van der Waals surface area contributed by atoms with Crippen LogP contribution >= 0.6 is 0 Å². The molecule has 13 N–H and O–H groups in total. The molecule has 3 rings (SSSR count). The van der Waals surface area contributed by atoms with E-state index in [4.69, 9.17) is 22.9 Å². The van der Waals surface area contributed by atoms with Gasteiger partial charge in [0.2, 0.25) is 29.5 Å². The van der Waals surface area contributed by atoms with Crippen LogP contribution in [-0.2, 0) is 41.6 Å². The number of benzene rings is 2. The maximum Gasteiger partial charge on any atom is 0.326 e. The number of hydrogen-bond acceptors (Lipinski definition) is 9. The Kier molecular flexibility index (Phi) is 18.0.